The Morgan fingerprint density at radius 1 is 1.30 bits per heavy atom. The van der Waals surface area contributed by atoms with Crippen LogP contribution in [0.5, 0.6) is 0 Å². The van der Waals surface area contributed by atoms with Crippen LogP contribution < -0.4 is 5.32 Å². The maximum absolute atomic E-state index is 12.2. The number of hydrogen-bond acceptors (Lipinski definition) is 6. The van der Waals surface area contributed by atoms with Gasteiger partial charge in [0.05, 0.1) is 17.2 Å². The number of carbonyl (C=O) groups excluding carboxylic acids is 1. The Morgan fingerprint density at radius 2 is 2.07 bits per heavy atom. The average Bonchev–Trinajstić information content (AvgIpc) is 3.26. The molecule has 0 aromatic carbocycles. The lowest BCUT2D eigenvalue weighted by Crippen LogP contribution is -2.37. The van der Waals surface area contributed by atoms with Crippen molar-refractivity contribution in [3.05, 3.63) is 51.9 Å². The third-order valence-electron chi connectivity index (χ3n) is 4.19. The van der Waals surface area contributed by atoms with Crippen LogP contribution in [0.4, 0.5) is 4.79 Å². The van der Waals surface area contributed by atoms with Crippen LogP contribution in [0, 0.1) is 13.8 Å². The quantitative estimate of drug-likeness (QED) is 0.629. The predicted octanol–water partition coefficient (Wildman–Crippen LogP) is 3.58. The fourth-order valence-electron chi connectivity index (χ4n) is 2.57. The third kappa shape index (κ3) is 5.13. The van der Waals surface area contributed by atoms with E-state index in [0.29, 0.717) is 18.8 Å². The molecule has 0 aliphatic heterocycles. The minimum atomic E-state index is -0.136. The van der Waals surface area contributed by atoms with E-state index in [2.05, 4.69) is 27.4 Å². The number of pyridine rings is 1. The number of carbonyl (C=O) groups is 1. The summed E-state index contributed by atoms with van der Waals surface area (Å²) in [4.78, 5) is 23.6. The van der Waals surface area contributed by atoms with E-state index >= 15 is 0 Å². The van der Waals surface area contributed by atoms with Crippen LogP contribution in [0.3, 0.4) is 0 Å². The number of aromatic nitrogens is 3. The second kappa shape index (κ2) is 8.77. The largest absolute Gasteiger partial charge is 0.359 e. The van der Waals surface area contributed by atoms with Crippen molar-refractivity contribution in [3.63, 3.8) is 0 Å². The topological polar surface area (TPSA) is 84.2 Å². The fourth-order valence-corrected chi connectivity index (χ4v) is 3.54. The summed E-state index contributed by atoms with van der Waals surface area (Å²) in [5.74, 6) is 0.633. The zero-order valence-corrected chi connectivity index (χ0v) is 16.5. The lowest BCUT2D eigenvalue weighted by atomic mass is 10.2. The van der Waals surface area contributed by atoms with Crippen molar-refractivity contribution < 1.29 is 9.32 Å². The number of rotatable bonds is 7. The number of hydrogen-bond donors (Lipinski definition) is 1. The molecule has 1 N–H and O–H groups in total. The number of thiazole rings is 1. The molecule has 3 aromatic rings. The molecule has 0 bridgehead atoms. The van der Waals surface area contributed by atoms with Gasteiger partial charge in [-0.25, -0.2) is 9.78 Å². The Balaban J connectivity index is 1.43. The standard InChI is InChI=1S/C19H23N5O2S/c1-13-14(2)27-18(22-13)5-4-8-21-19(25)24(3)12-16-11-17(23-26-16)15-6-9-20-10-7-15/h6-7,9-11H,4-5,8,12H2,1-3H3,(H,21,25). The van der Waals surface area contributed by atoms with E-state index < -0.39 is 0 Å². The van der Waals surface area contributed by atoms with Crippen molar-refractivity contribution in [2.45, 2.75) is 33.2 Å². The summed E-state index contributed by atoms with van der Waals surface area (Å²) in [5, 5.41) is 8.10. The minimum Gasteiger partial charge on any atom is -0.359 e. The van der Waals surface area contributed by atoms with E-state index in [1.165, 1.54) is 4.88 Å². The van der Waals surface area contributed by atoms with Gasteiger partial charge in [0, 0.05) is 48.9 Å². The predicted molar refractivity (Wildman–Crippen MR) is 105 cm³/mol. The fraction of sp³-hybridized carbons (Fsp3) is 0.368. The number of aryl methyl sites for hydroxylation is 3. The average molecular weight is 385 g/mol. The van der Waals surface area contributed by atoms with Crippen LogP contribution in [0.1, 0.15) is 27.8 Å². The van der Waals surface area contributed by atoms with Gasteiger partial charge < -0.3 is 14.7 Å². The van der Waals surface area contributed by atoms with Crippen LogP contribution in [0.2, 0.25) is 0 Å². The van der Waals surface area contributed by atoms with Gasteiger partial charge in [-0.2, -0.15) is 0 Å². The molecule has 0 radical (unpaired) electrons. The summed E-state index contributed by atoms with van der Waals surface area (Å²) >= 11 is 1.72. The van der Waals surface area contributed by atoms with Crippen LogP contribution >= 0.6 is 11.3 Å². The number of nitrogens with one attached hydrogen (secondary N) is 1. The highest BCUT2D eigenvalue weighted by atomic mass is 32.1. The van der Waals surface area contributed by atoms with Gasteiger partial charge in [-0.3, -0.25) is 4.98 Å². The molecule has 0 aliphatic carbocycles. The van der Waals surface area contributed by atoms with Crippen molar-refractivity contribution >= 4 is 17.4 Å². The van der Waals surface area contributed by atoms with Gasteiger partial charge in [0.25, 0.3) is 0 Å². The summed E-state index contributed by atoms with van der Waals surface area (Å²) in [6, 6.07) is 5.43. The molecule has 8 heteroatoms. The Bertz CT molecular complexity index is 871. The third-order valence-corrected chi connectivity index (χ3v) is 5.32. The molecule has 0 atom stereocenters. The minimum absolute atomic E-state index is 0.136. The first-order valence-corrected chi connectivity index (χ1v) is 9.62. The van der Waals surface area contributed by atoms with Gasteiger partial charge in [-0.1, -0.05) is 5.16 Å². The molecule has 3 heterocycles. The van der Waals surface area contributed by atoms with Crippen molar-refractivity contribution in [1.29, 1.82) is 0 Å². The highest BCUT2D eigenvalue weighted by Crippen LogP contribution is 2.19. The first-order chi connectivity index (χ1) is 13.0. The van der Waals surface area contributed by atoms with E-state index in [-0.39, 0.29) is 6.03 Å². The van der Waals surface area contributed by atoms with E-state index in [0.717, 1.165) is 34.8 Å². The molecule has 2 amide bonds. The van der Waals surface area contributed by atoms with Gasteiger partial charge in [-0.05, 0) is 32.4 Å². The smallest absolute Gasteiger partial charge is 0.317 e. The number of nitrogens with zero attached hydrogens (tertiary/aromatic N) is 4. The zero-order valence-electron chi connectivity index (χ0n) is 15.7. The van der Waals surface area contributed by atoms with Gasteiger partial charge in [0.2, 0.25) is 0 Å². The highest BCUT2D eigenvalue weighted by Gasteiger charge is 2.13. The van der Waals surface area contributed by atoms with E-state index in [1.807, 2.05) is 25.1 Å². The second-order valence-corrected chi connectivity index (χ2v) is 7.64. The van der Waals surface area contributed by atoms with Crippen LogP contribution in [-0.2, 0) is 13.0 Å². The molecule has 0 saturated carbocycles. The maximum atomic E-state index is 12.2. The Hall–Kier alpha value is -2.74. The molecule has 27 heavy (non-hydrogen) atoms. The van der Waals surface area contributed by atoms with E-state index in [1.54, 1.807) is 35.7 Å². The Morgan fingerprint density at radius 3 is 2.78 bits per heavy atom. The molecule has 7 nitrogen and oxygen atoms in total. The van der Waals surface area contributed by atoms with Gasteiger partial charge in [0.1, 0.15) is 5.69 Å². The summed E-state index contributed by atoms with van der Waals surface area (Å²) in [6.07, 6.45) is 5.15. The Labute approximate surface area is 162 Å². The van der Waals surface area contributed by atoms with E-state index in [4.69, 9.17) is 4.52 Å². The lowest BCUT2D eigenvalue weighted by Gasteiger charge is -2.16. The van der Waals surface area contributed by atoms with Crippen LogP contribution in [-0.4, -0.2) is 39.6 Å². The molecule has 0 saturated heterocycles. The van der Waals surface area contributed by atoms with Crippen molar-refractivity contribution in [2.24, 2.45) is 0 Å². The van der Waals surface area contributed by atoms with Gasteiger partial charge in [-0.15, -0.1) is 11.3 Å². The highest BCUT2D eigenvalue weighted by molar-refractivity contribution is 7.11. The van der Waals surface area contributed by atoms with Crippen molar-refractivity contribution in [2.75, 3.05) is 13.6 Å². The molecule has 0 fully saturated rings. The molecule has 142 valence electrons. The lowest BCUT2D eigenvalue weighted by molar-refractivity contribution is 0.200. The summed E-state index contributed by atoms with van der Waals surface area (Å²) in [7, 11) is 1.73. The molecule has 0 spiro atoms. The Kier molecular flexibility index (Phi) is 6.18. The molecule has 3 aromatic heterocycles. The van der Waals surface area contributed by atoms with Crippen LogP contribution in [0.25, 0.3) is 11.3 Å². The monoisotopic (exact) mass is 385 g/mol. The van der Waals surface area contributed by atoms with Crippen molar-refractivity contribution in [1.82, 2.24) is 25.3 Å². The molecule has 3 rings (SSSR count). The SMILES string of the molecule is Cc1nc(CCCNC(=O)N(C)Cc2cc(-c3ccncc3)no2)sc1C. The van der Waals surface area contributed by atoms with Crippen molar-refractivity contribution in [3.8, 4) is 11.3 Å². The molecular weight excluding hydrogens is 362 g/mol. The summed E-state index contributed by atoms with van der Waals surface area (Å²) in [5.41, 5.74) is 2.76. The van der Waals surface area contributed by atoms with Gasteiger partial charge >= 0.3 is 6.03 Å². The summed E-state index contributed by atoms with van der Waals surface area (Å²) < 4.78 is 5.34. The molecule has 0 aliphatic rings. The number of amides is 2. The summed E-state index contributed by atoms with van der Waals surface area (Å²) in [6.45, 7) is 5.07. The van der Waals surface area contributed by atoms with Crippen LogP contribution in [0.15, 0.2) is 35.1 Å². The van der Waals surface area contributed by atoms with E-state index in [9.17, 15) is 4.79 Å². The second-order valence-electron chi connectivity index (χ2n) is 6.36. The van der Waals surface area contributed by atoms with Gasteiger partial charge in [0.15, 0.2) is 5.76 Å². The normalized spacial score (nSPS) is 10.8. The maximum Gasteiger partial charge on any atom is 0.317 e. The first-order valence-electron chi connectivity index (χ1n) is 8.81. The molecule has 0 unspecified atom stereocenters. The number of urea groups is 1. The first kappa shape index (κ1) is 19.0. The zero-order chi connectivity index (χ0) is 19.2. The molecular formula is C19H23N5O2S.